The van der Waals surface area contributed by atoms with Crippen molar-refractivity contribution in [1.29, 1.82) is 0 Å². The molecular weight excluding hydrogens is 558 g/mol. The third-order valence-electron chi connectivity index (χ3n) is 6.63. The fourth-order valence-corrected chi connectivity index (χ4v) is 6.41. The highest BCUT2D eigenvalue weighted by Crippen LogP contribution is 2.32. The predicted molar refractivity (Wildman–Crippen MR) is 142 cm³/mol. The Morgan fingerprint density at radius 3 is 2.23 bits per heavy atom. The number of rotatable bonds is 9. The fourth-order valence-electron chi connectivity index (χ4n) is 4.63. The van der Waals surface area contributed by atoms with E-state index >= 15 is 0 Å². The number of imidazole rings is 1. The molecule has 0 unspecified atom stereocenters. The second-order valence-corrected chi connectivity index (χ2v) is 11.5. The van der Waals surface area contributed by atoms with Crippen LogP contribution in [0, 0.1) is 0 Å². The lowest BCUT2D eigenvalue weighted by molar-refractivity contribution is 0.122. The molecule has 0 aliphatic carbocycles. The number of para-hydroxylation sites is 1. The van der Waals surface area contributed by atoms with E-state index in [1.807, 2.05) is 9.80 Å². The van der Waals surface area contributed by atoms with Gasteiger partial charge in [-0.25, -0.2) is 22.2 Å². The van der Waals surface area contributed by atoms with Crippen molar-refractivity contribution in [3.63, 3.8) is 0 Å². The van der Waals surface area contributed by atoms with Crippen LogP contribution < -0.4 is 14.5 Å². The van der Waals surface area contributed by atoms with E-state index in [1.54, 1.807) is 18.2 Å². The molecule has 12 nitrogen and oxygen atoms in total. The molecule has 1 aromatic carbocycles. The number of methoxy groups -OCH3 is 1. The zero-order valence-corrected chi connectivity index (χ0v) is 22.9. The van der Waals surface area contributed by atoms with Crippen LogP contribution in [0.1, 0.15) is 18.7 Å². The minimum atomic E-state index is -3.43. The zero-order chi connectivity index (χ0) is 27.6. The Morgan fingerprint density at radius 2 is 1.62 bits per heavy atom. The maximum atomic E-state index is 14.2. The summed E-state index contributed by atoms with van der Waals surface area (Å²) < 4.78 is 67.2. The summed E-state index contributed by atoms with van der Waals surface area (Å²) in [5.41, 5.74) is 0.630. The summed E-state index contributed by atoms with van der Waals surface area (Å²) in [4.78, 5) is 21.7. The largest absolute Gasteiger partial charge is 0.494 e. The van der Waals surface area contributed by atoms with Crippen LogP contribution in [0.5, 0.6) is 5.75 Å². The maximum absolute atomic E-state index is 14.2. The Morgan fingerprint density at radius 1 is 0.974 bits per heavy atom. The second-order valence-electron chi connectivity index (χ2n) is 9.01. The number of piperazine rings is 1. The first-order valence-electron chi connectivity index (χ1n) is 12.5. The van der Waals surface area contributed by atoms with Crippen molar-refractivity contribution in [2.24, 2.45) is 0 Å². The van der Waals surface area contributed by atoms with Crippen molar-refractivity contribution in [2.75, 3.05) is 81.0 Å². The van der Waals surface area contributed by atoms with Gasteiger partial charge in [0.1, 0.15) is 11.3 Å². The van der Waals surface area contributed by atoms with Crippen molar-refractivity contribution >= 4 is 44.6 Å². The monoisotopic (exact) mass is 586 g/mol. The van der Waals surface area contributed by atoms with Crippen LogP contribution in [0.2, 0.25) is 0 Å². The van der Waals surface area contributed by atoms with Gasteiger partial charge in [-0.2, -0.15) is 19.3 Å². The SMILES string of the molecule is COc1cccc2c1nc(C(F)F)n2-c1nc(N2CCOCC2)nc(N2CCN(S(=O)(=O)CCCCl)CC2)n1. The average molecular weight is 587 g/mol. The number of anilines is 2. The van der Waals surface area contributed by atoms with Crippen molar-refractivity contribution in [2.45, 2.75) is 12.8 Å². The molecule has 0 amide bonds. The Kier molecular flexibility index (Phi) is 8.30. The van der Waals surface area contributed by atoms with Crippen LogP contribution in [-0.2, 0) is 14.8 Å². The van der Waals surface area contributed by atoms with Gasteiger partial charge in [0.2, 0.25) is 27.9 Å². The number of hydrogen-bond acceptors (Lipinski definition) is 10. The number of ether oxygens (including phenoxy) is 2. The lowest BCUT2D eigenvalue weighted by Gasteiger charge is -2.34. The Labute approximate surface area is 229 Å². The molecule has 5 rings (SSSR count). The lowest BCUT2D eigenvalue weighted by atomic mass is 10.3. The summed E-state index contributed by atoms with van der Waals surface area (Å²) in [6.45, 7) is 3.13. The molecule has 3 aromatic rings. The molecular formula is C23H29ClF2N8O4S. The van der Waals surface area contributed by atoms with E-state index in [0.29, 0.717) is 63.0 Å². The number of fused-ring (bicyclic) bond motifs is 1. The molecule has 0 bridgehead atoms. The molecule has 0 radical (unpaired) electrons. The van der Waals surface area contributed by atoms with Gasteiger partial charge in [-0.1, -0.05) is 6.07 Å². The summed E-state index contributed by atoms with van der Waals surface area (Å²) in [7, 11) is -1.98. The van der Waals surface area contributed by atoms with E-state index in [2.05, 4.69) is 19.9 Å². The summed E-state index contributed by atoms with van der Waals surface area (Å²) in [5, 5.41) is 0. The third-order valence-corrected chi connectivity index (χ3v) is 8.86. The van der Waals surface area contributed by atoms with E-state index < -0.39 is 22.3 Å². The predicted octanol–water partition coefficient (Wildman–Crippen LogP) is 2.07. The van der Waals surface area contributed by atoms with Crippen molar-refractivity contribution in [3.05, 3.63) is 24.0 Å². The minimum Gasteiger partial charge on any atom is -0.494 e. The van der Waals surface area contributed by atoms with Crippen LogP contribution >= 0.6 is 11.6 Å². The van der Waals surface area contributed by atoms with Gasteiger partial charge in [0.25, 0.3) is 6.43 Å². The third kappa shape index (κ3) is 5.71. The van der Waals surface area contributed by atoms with E-state index in [4.69, 9.17) is 21.1 Å². The van der Waals surface area contributed by atoms with Crippen molar-refractivity contribution in [3.8, 4) is 11.7 Å². The Bertz CT molecular complexity index is 1410. The fraction of sp³-hybridized carbons (Fsp3) is 0.565. The molecule has 16 heteroatoms. The van der Waals surface area contributed by atoms with Gasteiger partial charge < -0.3 is 19.3 Å². The molecule has 4 heterocycles. The first-order valence-corrected chi connectivity index (χ1v) is 14.7. The standard InChI is InChI=1S/C23H29ClF2N8O4S/c1-37-17-5-2-4-16-18(17)27-20(19(25)26)34(16)23-29-21(28-22(30-23)32-11-13-38-14-12-32)31-7-9-33(10-8-31)39(35,36)15-3-6-24/h2,4-5,19H,3,6-15H2,1H3. The van der Waals surface area contributed by atoms with Crippen LogP contribution in [0.15, 0.2) is 18.2 Å². The van der Waals surface area contributed by atoms with Gasteiger partial charge >= 0.3 is 0 Å². The number of sulfonamides is 1. The summed E-state index contributed by atoms with van der Waals surface area (Å²) >= 11 is 5.68. The summed E-state index contributed by atoms with van der Waals surface area (Å²) in [6.07, 6.45) is -2.53. The van der Waals surface area contributed by atoms with Gasteiger partial charge in [-0.15, -0.1) is 11.6 Å². The number of benzene rings is 1. The summed E-state index contributed by atoms with van der Waals surface area (Å²) in [5.74, 6) is 0.666. The van der Waals surface area contributed by atoms with E-state index in [0.717, 1.165) is 0 Å². The quantitative estimate of drug-likeness (QED) is 0.345. The van der Waals surface area contributed by atoms with Gasteiger partial charge in [0.05, 0.1) is 31.6 Å². The topological polar surface area (TPSA) is 119 Å². The maximum Gasteiger partial charge on any atom is 0.296 e. The first-order chi connectivity index (χ1) is 18.8. The molecule has 0 spiro atoms. The van der Waals surface area contributed by atoms with E-state index in [9.17, 15) is 17.2 Å². The van der Waals surface area contributed by atoms with Crippen LogP contribution in [0.3, 0.4) is 0 Å². The number of alkyl halides is 3. The Balaban J connectivity index is 1.55. The molecule has 39 heavy (non-hydrogen) atoms. The van der Waals surface area contributed by atoms with E-state index in [1.165, 1.54) is 16.0 Å². The highest BCUT2D eigenvalue weighted by atomic mass is 35.5. The molecule has 2 aliphatic heterocycles. The van der Waals surface area contributed by atoms with Gasteiger partial charge in [-0.3, -0.25) is 4.57 Å². The van der Waals surface area contributed by atoms with Gasteiger partial charge in [-0.05, 0) is 18.6 Å². The second kappa shape index (κ2) is 11.7. The number of nitrogens with zero attached hydrogens (tertiary/aromatic N) is 8. The Hall–Kier alpha value is -2.88. The van der Waals surface area contributed by atoms with Crippen LogP contribution in [-0.4, -0.2) is 108 Å². The zero-order valence-electron chi connectivity index (χ0n) is 21.3. The summed E-state index contributed by atoms with van der Waals surface area (Å²) in [6, 6.07) is 4.98. The minimum absolute atomic E-state index is 0.00953. The highest BCUT2D eigenvalue weighted by Gasteiger charge is 2.30. The molecule has 212 valence electrons. The number of hydrogen-bond donors (Lipinski definition) is 0. The number of morpholine rings is 1. The van der Waals surface area contributed by atoms with Crippen molar-refractivity contribution < 1.29 is 26.7 Å². The van der Waals surface area contributed by atoms with E-state index in [-0.39, 0.29) is 42.1 Å². The van der Waals surface area contributed by atoms with Crippen LogP contribution in [0.4, 0.5) is 20.7 Å². The van der Waals surface area contributed by atoms with Crippen LogP contribution in [0.25, 0.3) is 17.0 Å². The van der Waals surface area contributed by atoms with Gasteiger partial charge in [0.15, 0.2) is 5.82 Å². The molecule has 0 atom stereocenters. The molecule has 0 N–H and O–H groups in total. The molecule has 2 fully saturated rings. The number of aromatic nitrogens is 5. The van der Waals surface area contributed by atoms with Gasteiger partial charge in [0, 0.05) is 45.1 Å². The molecule has 0 saturated carbocycles. The highest BCUT2D eigenvalue weighted by molar-refractivity contribution is 7.89. The first kappa shape index (κ1) is 27.7. The lowest BCUT2D eigenvalue weighted by Crippen LogP contribution is -2.50. The molecule has 2 saturated heterocycles. The van der Waals surface area contributed by atoms with Crippen molar-refractivity contribution in [1.82, 2.24) is 28.8 Å². The molecule has 2 aromatic heterocycles. The average Bonchev–Trinajstić information content (AvgIpc) is 3.37. The normalized spacial score (nSPS) is 17.4. The molecule has 2 aliphatic rings. The smallest absolute Gasteiger partial charge is 0.296 e. The number of halogens is 3.